The summed E-state index contributed by atoms with van der Waals surface area (Å²) in [5.41, 5.74) is 0. The number of para-hydroxylation sites is 3. The normalized spacial score (nSPS) is 9.62. The van der Waals surface area contributed by atoms with Gasteiger partial charge in [0.15, 0.2) is 0 Å². The smallest absolute Gasteiger partial charge is 0.409 e. The molecule has 0 N–H and O–H groups in total. The Hall–Kier alpha value is -1.55. The van der Waals surface area contributed by atoms with Crippen molar-refractivity contribution in [2.45, 2.75) is 0 Å². The van der Waals surface area contributed by atoms with Crippen molar-refractivity contribution >= 4 is 36.9 Å². The zero-order chi connectivity index (χ0) is 17.0. The monoisotopic (exact) mass is 468 g/mol. The third-order valence-corrected chi connectivity index (χ3v) is 3.85. The quantitative estimate of drug-likeness (QED) is 0.359. The van der Waals surface area contributed by atoms with Crippen LogP contribution in [0, 0.1) is 0 Å². The third-order valence-electron chi connectivity index (χ3n) is 2.77. The lowest BCUT2D eigenvalue weighted by atomic mass is 10.3. The van der Waals surface area contributed by atoms with Crippen molar-refractivity contribution < 1.29 is 13.6 Å². The molecule has 0 radical (unpaired) electrons. The fourth-order valence-corrected chi connectivity index (χ4v) is 2.75. The van der Waals surface area contributed by atoms with E-state index in [0.717, 1.165) is 0 Å². The first kappa shape index (κ1) is 18.8. The summed E-state index contributed by atoms with van der Waals surface area (Å²) in [6.07, 6.45) is 0. The number of hydrogen-bond acceptors (Lipinski definition) is 3. The van der Waals surface area contributed by atoms with E-state index < -0.39 is 8.60 Å². The van der Waals surface area contributed by atoms with Crippen LogP contribution in [0.25, 0.3) is 0 Å². The van der Waals surface area contributed by atoms with Gasteiger partial charge in [-0.05, 0) is 36.4 Å². The second kappa shape index (κ2) is 11.1. The van der Waals surface area contributed by atoms with Gasteiger partial charge >= 0.3 is 8.60 Å². The van der Waals surface area contributed by atoms with Gasteiger partial charge in [-0.3, -0.25) is 0 Å². The average molecular weight is 470 g/mol. The molecule has 0 fully saturated rings. The lowest BCUT2D eigenvalue weighted by Crippen LogP contribution is -2.02. The van der Waals surface area contributed by atoms with Gasteiger partial charge in [0, 0.05) is 28.3 Å². The van der Waals surface area contributed by atoms with Crippen molar-refractivity contribution in [3.05, 3.63) is 91.0 Å². The minimum Gasteiger partial charge on any atom is -0.409 e. The van der Waals surface area contributed by atoms with Gasteiger partial charge in [0.05, 0.1) is 0 Å². The summed E-state index contributed by atoms with van der Waals surface area (Å²) >= 11 is 5.50. The number of halogens is 2. The van der Waals surface area contributed by atoms with E-state index in [-0.39, 0.29) is 0 Å². The summed E-state index contributed by atoms with van der Waals surface area (Å²) in [4.78, 5) is 0. The fraction of sp³-hybridized carbons (Fsp3) is 0. The summed E-state index contributed by atoms with van der Waals surface area (Å²) < 4.78 is 17.5. The van der Waals surface area contributed by atoms with Gasteiger partial charge in [0.1, 0.15) is 17.2 Å². The first-order valence-corrected chi connectivity index (χ1v) is 11.8. The Labute approximate surface area is 158 Å². The Morgan fingerprint density at radius 3 is 0.958 bits per heavy atom. The van der Waals surface area contributed by atoms with Crippen molar-refractivity contribution in [3.8, 4) is 17.2 Å². The SMILES string of the molecule is BrBr.c1ccc(OP(Oc2ccccc2)Oc2ccccc2)cc1. The van der Waals surface area contributed by atoms with Gasteiger partial charge in [-0.25, -0.2) is 0 Å². The molecule has 0 atom stereocenters. The van der Waals surface area contributed by atoms with Crippen LogP contribution in [-0.4, -0.2) is 0 Å². The van der Waals surface area contributed by atoms with E-state index in [9.17, 15) is 0 Å². The maximum atomic E-state index is 5.84. The van der Waals surface area contributed by atoms with Crippen LogP contribution in [0.3, 0.4) is 0 Å². The topological polar surface area (TPSA) is 27.7 Å². The van der Waals surface area contributed by atoms with Gasteiger partial charge in [-0.2, -0.15) is 0 Å². The van der Waals surface area contributed by atoms with E-state index in [1.54, 1.807) is 0 Å². The largest absolute Gasteiger partial charge is 0.530 e. The van der Waals surface area contributed by atoms with Crippen molar-refractivity contribution in [1.29, 1.82) is 0 Å². The van der Waals surface area contributed by atoms with Crippen LogP contribution in [0.2, 0.25) is 0 Å². The molecule has 0 aromatic heterocycles. The minimum atomic E-state index is -1.59. The van der Waals surface area contributed by atoms with E-state index in [2.05, 4.69) is 28.3 Å². The molecule has 3 aromatic carbocycles. The molecule has 3 rings (SSSR count). The zero-order valence-electron chi connectivity index (χ0n) is 12.6. The second-order valence-electron chi connectivity index (χ2n) is 4.44. The zero-order valence-corrected chi connectivity index (χ0v) is 16.7. The molecule has 6 heteroatoms. The highest BCUT2D eigenvalue weighted by atomic mass is 80.9. The molecule has 0 aliphatic heterocycles. The predicted octanol–water partition coefficient (Wildman–Crippen LogP) is 7.14. The van der Waals surface area contributed by atoms with Gasteiger partial charge in [-0.1, -0.05) is 54.6 Å². The van der Waals surface area contributed by atoms with Crippen LogP contribution in [0.15, 0.2) is 91.0 Å². The maximum Gasteiger partial charge on any atom is 0.530 e. The van der Waals surface area contributed by atoms with Crippen molar-refractivity contribution in [2.24, 2.45) is 0 Å². The molecule has 0 aliphatic rings. The Kier molecular flexibility index (Phi) is 8.67. The molecular weight excluding hydrogens is 455 g/mol. The summed E-state index contributed by atoms with van der Waals surface area (Å²) in [5.74, 6) is 2.13. The summed E-state index contributed by atoms with van der Waals surface area (Å²) in [5, 5.41) is 0. The number of benzene rings is 3. The van der Waals surface area contributed by atoms with Gasteiger partial charge < -0.3 is 13.6 Å². The molecule has 0 spiro atoms. The summed E-state index contributed by atoms with van der Waals surface area (Å²) in [6, 6.07) is 28.5. The molecule has 0 amide bonds. The van der Waals surface area contributed by atoms with E-state index in [1.165, 1.54) is 0 Å². The van der Waals surface area contributed by atoms with Gasteiger partial charge in [0.25, 0.3) is 0 Å². The minimum absolute atomic E-state index is 0.709. The van der Waals surface area contributed by atoms with Crippen LogP contribution < -0.4 is 13.6 Å². The predicted molar refractivity (Wildman–Crippen MR) is 106 cm³/mol. The third kappa shape index (κ3) is 6.52. The standard InChI is InChI=1S/C18H15O3P.Br2/c1-4-10-16(11-5-1)19-22(20-17-12-6-2-7-13-17)21-18-14-8-3-9-15-18;1-2/h1-15H;. The van der Waals surface area contributed by atoms with Crippen LogP contribution in [-0.2, 0) is 0 Å². The van der Waals surface area contributed by atoms with Crippen molar-refractivity contribution in [1.82, 2.24) is 0 Å². The Bertz CT molecular complexity index is 586. The molecular formula is C18H15Br2O3P. The lowest BCUT2D eigenvalue weighted by molar-refractivity contribution is 0.388. The van der Waals surface area contributed by atoms with E-state index in [4.69, 9.17) is 13.6 Å². The fourth-order valence-electron chi connectivity index (χ4n) is 1.76. The molecule has 0 heterocycles. The van der Waals surface area contributed by atoms with E-state index >= 15 is 0 Å². The van der Waals surface area contributed by atoms with Crippen molar-refractivity contribution in [2.75, 3.05) is 0 Å². The van der Waals surface area contributed by atoms with E-state index in [0.29, 0.717) is 17.2 Å². The lowest BCUT2D eigenvalue weighted by Gasteiger charge is -2.17. The van der Waals surface area contributed by atoms with Gasteiger partial charge in [-0.15, -0.1) is 0 Å². The second-order valence-corrected chi connectivity index (χ2v) is 5.43. The highest BCUT2D eigenvalue weighted by molar-refractivity contribution is 9.93. The highest BCUT2D eigenvalue weighted by Gasteiger charge is 2.19. The Balaban J connectivity index is 0.00000100. The van der Waals surface area contributed by atoms with E-state index in [1.807, 2.05) is 91.0 Å². The van der Waals surface area contributed by atoms with Crippen LogP contribution in [0.5, 0.6) is 17.2 Å². The maximum absolute atomic E-state index is 5.84. The molecule has 0 aliphatic carbocycles. The summed E-state index contributed by atoms with van der Waals surface area (Å²) in [6.45, 7) is 0. The molecule has 0 saturated heterocycles. The molecule has 0 unspecified atom stereocenters. The van der Waals surface area contributed by atoms with Gasteiger partial charge in [0.2, 0.25) is 0 Å². The Morgan fingerprint density at radius 2 is 0.708 bits per heavy atom. The number of hydrogen-bond donors (Lipinski definition) is 0. The van der Waals surface area contributed by atoms with Crippen molar-refractivity contribution in [3.63, 3.8) is 0 Å². The average Bonchev–Trinajstić information content (AvgIpc) is 2.66. The Morgan fingerprint density at radius 1 is 0.458 bits per heavy atom. The van der Waals surface area contributed by atoms with Crippen LogP contribution >= 0.6 is 36.9 Å². The molecule has 0 bridgehead atoms. The molecule has 3 aromatic rings. The molecule has 3 nitrogen and oxygen atoms in total. The first-order chi connectivity index (χ1) is 11.9. The highest BCUT2D eigenvalue weighted by Crippen LogP contribution is 2.41. The summed E-state index contributed by atoms with van der Waals surface area (Å²) in [7, 11) is -1.59. The van der Waals surface area contributed by atoms with Crippen LogP contribution in [0.4, 0.5) is 0 Å². The molecule has 0 saturated carbocycles. The van der Waals surface area contributed by atoms with Crippen LogP contribution in [0.1, 0.15) is 0 Å². The number of rotatable bonds is 6. The first-order valence-electron chi connectivity index (χ1n) is 7.04. The molecule has 24 heavy (non-hydrogen) atoms. The molecule has 124 valence electrons.